The fraction of sp³-hybridized carbons (Fsp3) is 0.273. The summed E-state index contributed by atoms with van der Waals surface area (Å²) in [6.07, 6.45) is 0. The Labute approximate surface area is 123 Å². The molecule has 0 aliphatic carbocycles. The van der Waals surface area contributed by atoms with E-state index in [4.69, 9.17) is 17.3 Å². The molecule has 1 atom stereocenters. The van der Waals surface area contributed by atoms with E-state index in [0.717, 1.165) is 0 Å². The minimum atomic E-state index is -0.443. The van der Waals surface area contributed by atoms with Crippen molar-refractivity contribution in [3.8, 4) is 0 Å². The Balaban J connectivity index is 2.15. The predicted octanol–water partition coefficient (Wildman–Crippen LogP) is 1.87. The van der Waals surface area contributed by atoms with Gasteiger partial charge in [0.15, 0.2) is 10.2 Å². The summed E-state index contributed by atoms with van der Waals surface area (Å²) in [5, 5.41) is 26.3. The van der Waals surface area contributed by atoms with Gasteiger partial charge in [-0.2, -0.15) is 0 Å². The largest absolute Gasteiger partial charge is 0.394 e. The second-order valence-corrected chi connectivity index (χ2v) is 5.55. The Kier molecular flexibility index (Phi) is 4.42. The highest BCUT2D eigenvalue weighted by Crippen LogP contribution is 2.28. The molecule has 0 radical (unpaired) electrons. The fourth-order valence-electron chi connectivity index (χ4n) is 1.48. The monoisotopic (exact) mass is 312 g/mol. The summed E-state index contributed by atoms with van der Waals surface area (Å²) in [6.45, 7) is 1.75. The molecule has 0 aliphatic rings. The number of anilines is 1. The maximum Gasteiger partial charge on any atom is 0.270 e. The fourth-order valence-corrected chi connectivity index (χ4v) is 2.75. The van der Waals surface area contributed by atoms with Crippen molar-refractivity contribution in [2.75, 3.05) is 11.9 Å². The van der Waals surface area contributed by atoms with Gasteiger partial charge in [0.1, 0.15) is 0 Å². The van der Waals surface area contributed by atoms with E-state index in [1.807, 2.05) is 0 Å². The number of nitro benzene ring substituents is 1. The van der Waals surface area contributed by atoms with Crippen LogP contribution in [0, 0.1) is 10.1 Å². The van der Waals surface area contributed by atoms with Crippen LogP contribution >= 0.6 is 23.6 Å². The first-order chi connectivity index (χ1) is 9.49. The third-order valence-electron chi connectivity index (χ3n) is 2.45. The molecule has 0 saturated heterocycles. The number of thiocarbonyl (C=S) groups is 1. The number of aromatic nitrogens is 1. The number of nitro groups is 1. The van der Waals surface area contributed by atoms with Gasteiger partial charge >= 0.3 is 0 Å². The van der Waals surface area contributed by atoms with Crippen LogP contribution in [0.4, 0.5) is 10.8 Å². The molecule has 7 nitrogen and oxygen atoms in total. The van der Waals surface area contributed by atoms with E-state index in [9.17, 15) is 10.1 Å². The van der Waals surface area contributed by atoms with E-state index in [0.29, 0.717) is 20.5 Å². The standard InChI is InChI=1S/C11H12N4O3S2/c1-6(5-16)12-10(19)14-11-13-8-3-2-7(15(17)18)4-9(8)20-11/h2-4,6,16H,5H2,1H3,(H2,12,13,14,19)/t6-/m1/s1. The van der Waals surface area contributed by atoms with E-state index < -0.39 is 4.92 Å². The topological polar surface area (TPSA) is 100 Å². The summed E-state index contributed by atoms with van der Waals surface area (Å²) in [4.78, 5) is 14.5. The molecule has 0 fully saturated rings. The first-order valence-electron chi connectivity index (χ1n) is 5.73. The van der Waals surface area contributed by atoms with Crippen molar-refractivity contribution < 1.29 is 10.0 Å². The van der Waals surface area contributed by atoms with Crippen LogP contribution in [0.2, 0.25) is 0 Å². The molecule has 1 aromatic carbocycles. The predicted molar refractivity (Wildman–Crippen MR) is 82.2 cm³/mol. The van der Waals surface area contributed by atoms with Crippen LogP contribution in [-0.2, 0) is 0 Å². The molecular formula is C11H12N4O3S2. The van der Waals surface area contributed by atoms with Crippen molar-refractivity contribution >= 4 is 49.7 Å². The maximum atomic E-state index is 10.7. The first-order valence-corrected chi connectivity index (χ1v) is 6.95. The lowest BCUT2D eigenvalue weighted by atomic mass is 10.3. The molecule has 9 heteroatoms. The van der Waals surface area contributed by atoms with Crippen LogP contribution in [0.3, 0.4) is 0 Å². The number of fused-ring (bicyclic) bond motifs is 1. The number of aliphatic hydroxyl groups is 1. The number of benzene rings is 1. The Morgan fingerprint density at radius 1 is 1.65 bits per heavy atom. The molecule has 0 amide bonds. The minimum absolute atomic E-state index is 0.0299. The first kappa shape index (κ1) is 14.6. The molecule has 0 aliphatic heterocycles. The van der Waals surface area contributed by atoms with E-state index in [1.165, 1.54) is 23.5 Å². The van der Waals surface area contributed by atoms with Gasteiger partial charge < -0.3 is 15.7 Å². The number of hydrogen-bond acceptors (Lipinski definition) is 6. The zero-order valence-electron chi connectivity index (χ0n) is 10.5. The highest BCUT2D eigenvalue weighted by Gasteiger charge is 2.11. The molecule has 106 valence electrons. The number of rotatable bonds is 4. The second-order valence-electron chi connectivity index (χ2n) is 4.11. The summed E-state index contributed by atoms with van der Waals surface area (Å²) in [5.74, 6) is 0. The van der Waals surface area contributed by atoms with Crippen molar-refractivity contribution in [3.63, 3.8) is 0 Å². The second kappa shape index (κ2) is 6.07. The average molecular weight is 312 g/mol. The average Bonchev–Trinajstić information content (AvgIpc) is 2.78. The molecular weight excluding hydrogens is 300 g/mol. The normalized spacial score (nSPS) is 12.1. The van der Waals surface area contributed by atoms with E-state index in [1.54, 1.807) is 13.0 Å². The quantitative estimate of drug-likeness (QED) is 0.450. The SMILES string of the molecule is C[C@H](CO)NC(=S)Nc1nc2ccc([N+](=O)[O-])cc2s1. The number of thiazole rings is 1. The zero-order chi connectivity index (χ0) is 14.7. The van der Waals surface area contributed by atoms with Gasteiger partial charge in [0.2, 0.25) is 0 Å². The van der Waals surface area contributed by atoms with Crippen LogP contribution < -0.4 is 10.6 Å². The van der Waals surface area contributed by atoms with Gasteiger partial charge in [0.05, 0.1) is 21.7 Å². The summed E-state index contributed by atoms with van der Waals surface area (Å²) < 4.78 is 0.708. The summed E-state index contributed by atoms with van der Waals surface area (Å²) in [7, 11) is 0. The van der Waals surface area contributed by atoms with Crippen LogP contribution in [0.1, 0.15) is 6.92 Å². The summed E-state index contributed by atoms with van der Waals surface area (Å²) in [5.41, 5.74) is 0.698. The van der Waals surface area contributed by atoms with Gasteiger partial charge in [-0.15, -0.1) is 0 Å². The van der Waals surface area contributed by atoms with Crippen LogP contribution in [-0.4, -0.2) is 32.8 Å². The van der Waals surface area contributed by atoms with Gasteiger partial charge in [-0.1, -0.05) is 11.3 Å². The number of hydrogen-bond donors (Lipinski definition) is 3. The van der Waals surface area contributed by atoms with Crippen LogP contribution in [0.25, 0.3) is 10.2 Å². The van der Waals surface area contributed by atoms with Gasteiger partial charge in [-0.25, -0.2) is 4.98 Å². The minimum Gasteiger partial charge on any atom is -0.394 e. The molecule has 0 saturated carbocycles. The molecule has 0 unspecified atom stereocenters. The van der Waals surface area contributed by atoms with Crippen molar-refractivity contribution in [2.24, 2.45) is 0 Å². The lowest BCUT2D eigenvalue weighted by Crippen LogP contribution is -2.37. The van der Waals surface area contributed by atoms with Crippen molar-refractivity contribution in [1.82, 2.24) is 10.3 Å². The number of non-ortho nitro benzene ring substituents is 1. The maximum absolute atomic E-state index is 10.7. The Morgan fingerprint density at radius 3 is 3.05 bits per heavy atom. The Hall–Kier alpha value is -1.84. The smallest absolute Gasteiger partial charge is 0.270 e. The van der Waals surface area contributed by atoms with E-state index in [2.05, 4.69) is 15.6 Å². The lowest BCUT2D eigenvalue weighted by molar-refractivity contribution is -0.384. The van der Waals surface area contributed by atoms with Gasteiger partial charge in [0, 0.05) is 18.2 Å². The lowest BCUT2D eigenvalue weighted by Gasteiger charge is -2.12. The van der Waals surface area contributed by atoms with E-state index in [-0.39, 0.29) is 18.3 Å². The third-order valence-corrected chi connectivity index (χ3v) is 3.61. The molecule has 3 N–H and O–H groups in total. The van der Waals surface area contributed by atoms with Crippen LogP contribution in [0.15, 0.2) is 18.2 Å². The van der Waals surface area contributed by atoms with Gasteiger partial charge in [-0.05, 0) is 25.2 Å². The highest BCUT2D eigenvalue weighted by atomic mass is 32.1. The molecule has 1 aromatic heterocycles. The number of nitrogens with one attached hydrogen (secondary N) is 2. The summed E-state index contributed by atoms with van der Waals surface area (Å²) >= 11 is 6.35. The Bertz CT molecular complexity index is 658. The van der Waals surface area contributed by atoms with Crippen molar-refractivity contribution in [1.29, 1.82) is 0 Å². The number of aliphatic hydroxyl groups excluding tert-OH is 1. The van der Waals surface area contributed by atoms with Gasteiger partial charge in [-0.3, -0.25) is 10.1 Å². The van der Waals surface area contributed by atoms with Gasteiger partial charge in [0.25, 0.3) is 5.69 Å². The molecule has 2 rings (SSSR count). The van der Waals surface area contributed by atoms with Crippen molar-refractivity contribution in [3.05, 3.63) is 28.3 Å². The van der Waals surface area contributed by atoms with Crippen LogP contribution in [0.5, 0.6) is 0 Å². The third kappa shape index (κ3) is 3.38. The number of nitrogens with zero attached hydrogens (tertiary/aromatic N) is 2. The molecule has 1 heterocycles. The summed E-state index contributed by atoms with van der Waals surface area (Å²) in [6, 6.07) is 4.33. The van der Waals surface area contributed by atoms with E-state index >= 15 is 0 Å². The highest BCUT2D eigenvalue weighted by molar-refractivity contribution is 7.80. The molecule has 20 heavy (non-hydrogen) atoms. The zero-order valence-corrected chi connectivity index (χ0v) is 12.1. The Morgan fingerprint density at radius 2 is 2.40 bits per heavy atom. The molecule has 2 aromatic rings. The molecule has 0 spiro atoms. The van der Waals surface area contributed by atoms with Crippen molar-refractivity contribution in [2.45, 2.75) is 13.0 Å². The molecule has 0 bridgehead atoms.